The second kappa shape index (κ2) is 17.4. The second-order valence-corrected chi connectivity index (χ2v) is 15.0. The molecule has 0 spiro atoms. The number of amides is 1. The van der Waals surface area contributed by atoms with Crippen LogP contribution in [-0.2, 0) is 0 Å². The number of piperidine rings is 2. The Labute approximate surface area is 337 Å². The van der Waals surface area contributed by atoms with E-state index in [1.807, 2.05) is 47.8 Å². The number of carbonyl (C=O) groups is 2. The molecule has 0 saturated carbocycles. The Hall–Kier alpha value is -4.66. The van der Waals surface area contributed by atoms with Gasteiger partial charge in [-0.25, -0.2) is 23.8 Å². The number of rotatable bonds is 4. The lowest BCUT2D eigenvalue weighted by Crippen LogP contribution is -2.39. The van der Waals surface area contributed by atoms with Gasteiger partial charge in [-0.15, -0.1) is 0 Å². The van der Waals surface area contributed by atoms with Crippen LogP contribution in [0.2, 0.25) is 20.4 Å². The Kier molecular flexibility index (Phi) is 12.7. The predicted octanol–water partition coefficient (Wildman–Crippen LogP) is 8.42. The summed E-state index contributed by atoms with van der Waals surface area (Å²) in [6.07, 6.45) is 10.3. The van der Waals surface area contributed by atoms with Gasteiger partial charge in [0.15, 0.2) is 11.3 Å². The average Bonchev–Trinajstić information content (AvgIpc) is 3.78. The molecule has 1 amide bonds. The molecule has 6 heterocycles. The van der Waals surface area contributed by atoms with Gasteiger partial charge in [0, 0.05) is 63.6 Å². The Morgan fingerprint density at radius 2 is 1.29 bits per heavy atom. The highest BCUT2D eigenvalue weighted by molar-refractivity contribution is 6.31. The van der Waals surface area contributed by atoms with Crippen LogP contribution in [-0.4, -0.2) is 64.2 Å². The van der Waals surface area contributed by atoms with E-state index in [1.165, 1.54) is 25.0 Å². The normalized spacial score (nSPS) is 16.9. The van der Waals surface area contributed by atoms with E-state index >= 15 is 0 Å². The number of aromatic nitrogens is 6. The molecule has 13 nitrogen and oxygen atoms in total. The molecule has 0 aliphatic carbocycles. The van der Waals surface area contributed by atoms with Gasteiger partial charge in [0.25, 0.3) is 5.91 Å². The van der Waals surface area contributed by atoms with Gasteiger partial charge in [0.1, 0.15) is 10.3 Å². The summed E-state index contributed by atoms with van der Waals surface area (Å²) < 4.78 is 3.52. The topological polar surface area (TPSA) is 182 Å². The molecule has 2 aromatic carbocycles. The molecule has 17 heteroatoms. The van der Waals surface area contributed by atoms with E-state index in [4.69, 9.17) is 63.0 Å². The number of aryl methyl sites for hydroxylation is 2. The number of anilines is 2. The number of fused-ring (bicyclic) bond motifs is 2. The van der Waals surface area contributed by atoms with Crippen molar-refractivity contribution in [2.75, 3.05) is 24.6 Å². The SMILES string of the molecule is Cc1cn2nc([C@@H]3CCCCN3)cc2nc1Cl.Cc1cn2nc([C@@H]3CCCCN3C(=O)c3cc(Cl)ccc3N)cc2nc1Cl.Nc1ccc(Cl)cc1C(=O)O. The number of nitrogen functional groups attached to an aromatic ring is 2. The molecular formula is C38H40Cl4N10O3. The van der Waals surface area contributed by atoms with Crippen LogP contribution in [0.4, 0.5) is 11.4 Å². The fourth-order valence-corrected chi connectivity index (χ4v) is 7.13. The van der Waals surface area contributed by atoms with Gasteiger partial charge in [-0.2, -0.15) is 10.2 Å². The molecule has 2 fully saturated rings. The van der Waals surface area contributed by atoms with Crippen molar-refractivity contribution in [1.82, 2.24) is 39.4 Å². The molecule has 4 aromatic heterocycles. The highest BCUT2D eigenvalue weighted by Crippen LogP contribution is 2.33. The standard InChI is InChI=1S/C19H19Cl2N5O.C12H15ClN4.C7H6ClNO2/c1-11-10-26-17(23-18(11)21)9-15(24-26)16-4-2-3-7-25(16)19(27)13-8-12(20)5-6-14(13)22;1-8-7-17-11(15-12(8)13)6-10(16-17)9-4-2-3-5-14-9;8-4-1-2-6(9)5(3-4)7(10)11/h5-6,8-10,16H,2-4,7,22H2,1H3;6-7,9,14H,2-5H2,1H3;1-3H,9H2,(H,10,11)/t16-;9-;/m00./s1. The third kappa shape index (κ3) is 9.42. The molecule has 2 aliphatic rings. The van der Waals surface area contributed by atoms with Gasteiger partial charge in [0.05, 0.1) is 34.6 Å². The summed E-state index contributed by atoms with van der Waals surface area (Å²) in [5.41, 5.74) is 17.6. The minimum Gasteiger partial charge on any atom is -0.478 e. The summed E-state index contributed by atoms with van der Waals surface area (Å²) in [5.74, 6) is -1.19. The Morgan fingerprint density at radius 1 is 0.745 bits per heavy atom. The maximum absolute atomic E-state index is 13.2. The quantitative estimate of drug-likeness (QED) is 0.0995. The van der Waals surface area contributed by atoms with Crippen molar-refractivity contribution in [2.24, 2.45) is 0 Å². The lowest BCUT2D eigenvalue weighted by atomic mass is 9.98. The molecule has 0 bridgehead atoms. The molecule has 8 rings (SSSR count). The number of halogens is 4. The fraction of sp³-hybridized carbons (Fsp3) is 0.316. The zero-order valence-electron chi connectivity index (χ0n) is 30.1. The van der Waals surface area contributed by atoms with Crippen molar-refractivity contribution in [3.05, 3.63) is 115 Å². The molecule has 2 saturated heterocycles. The number of carboxylic acid groups (broad SMARTS) is 1. The molecule has 0 radical (unpaired) electrons. The Morgan fingerprint density at radius 3 is 1.85 bits per heavy atom. The first-order valence-corrected chi connectivity index (χ1v) is 19.2. The summed E-state index contributed by atoms with van der Waals surface area (Å²) in [5, 5.41) is 23.1. The van der Waals surface area contributed by atoms with E-state index < -0.39 is 5.97 Å². The first kappa shape index (κ1) is 40.0. The molecule has 2 atom stereocenters. The zero-order valence-corrected chi connectivity index (χ0v) is 33.2. The van der Waals surface area contributed by atoms with E-state index in [-0.39, 0.29) is 23.2 Å². The zero-order chi connectivity index (χ0) is 39.4. The number of likely N-dealkylation sites (tertiary alicyclic amines) is 1. The number of nitrogens with zero attached hydrogens (tertiary/aromatic N) is 7. The van der Waals surface area contributed by atoms with E-state index in [0.29, 0.717) is 49.8 Å². The van der Waals surface area contributed by atoms with Crippen LogP contribution in [0.15, 0.2) is 60.9 Å². The maximum Gasteiger partial charge on any atom is 0.337 e. The van der Waals surface area contributed by atoms with Crippen molar-refractivity contribution in [3.8, 4) is 0 Å². The van der Waals surface area contributed by atoms with Crippen LogP contribution in [0.25, 0.3) is 11.3 Å². The van der Waals surface area contributed by atoms with Crippen LogP contribution in [0.1, 0.15) is 93.8 Å². The monoisotopic (exact) mass is 824 g/mol. The summed E-state index contributed by atoms with van der Waals surface area (Å²) in [4.78, 5) is 34.2. The number of aromatic carboxylic acids is 1. The van der Waals surface area contributed by atoms with Crippen molar-refractivity contribution in [1.29, 1.82) is 0 Å². The molecule has 55 heavy (non-hydrogen) atoms. The molecule has 2 aliphatic heterocycles. The fourth-order valence-electron chi connectivity index (χ4n) is 6.52. The molecule has 6 aromatic rings. The Bertz CT molecular complexity index is 2280. The van der Waals surface area contributed by atoms with E-state index in [9.17, 15) is 9.59 Å². The minimum atomic E-state index is -1.06. The first-order valence-electron chi connectivity index (χ1n) is 17.7. The molecule has 6 N–H and O–H groups in total. The number of hydrogen-bond donors (Lipinski definition) is 4. The molecule has 288 valence electrons. The molecule has 0 unspecified atom stereocenters. The van der Waals surface area contributed by atoms with E-state index in [0.717, 1.165) is 60.4 Å². The van der Waals surface area contributed by atoms with Gasteiger partial charge in [-0.3, -0.25) is 4.79 Å². The lowest BCUT2D eigenvalue weighted by Gasteiger charge is -2.35. The number of carbonyl (C=O) groups excluding carboxylic acids is 1. The van der Waals surface area contributed by atoms with Crippen LogP contribution < -0.4 is 16.8 Å². The van der Waals surface area contributed by atoms with Gasteiger partial charge >= 0.3 is 5.97 Å². The number of carboxylic acids is 1. The lowest BCUT2D eigenvalue weighted by molar-refractivity contribution is 0.0606. The highest BCUT2D eigenvalue weighted by atomic mass is 35.5. The number of benzene rings is 2. The third-order valence-corrected chi connectivity index (χ3v) is 10.7. The average molecular weight is 827 g/mol. The van der Waals surface area contributed by atoms with Gasteiger partial charge in [-0.05, 0) is 88.9 Å². The number of hydrogen-bond acceptors (Lipinski definition) is 9. The van der Waals surface area contributed by atoms with Crippen LogP contribution in [0.5, 0.6) is 0 Å². The molecular weight excluding hydrogens is 786 g/mol. The van der Waals surface area contributed by atoms with Crippen LogP contribution >= 0.6 is 46.4 Å². The number of nitrogens with two attached hydrogens (primary N) is 2. The summed E-state index contributed by atoms with van der Waals surface area (Å²) >= 11 is 23.8. The summed E-state index contributed by atoms with van der Waals surface area (Å²) in [6.45, 7) is 5.55. The van der Waals surface area contributed by atoms with Crippen molar-refractivity contribution in [2.45, 2.75) is 64.5 Å². The highest BCUT2D eigenvalue weighted by Gasteiger charge is 2.31. The third-order valence-electron chi connectivity index (χ3n) is 9.44. The van der Waals surface area contributed by atoms with Crippen LogP contribution in [0.3, 0.4) is 0 Å². The van der Waals surface area contributed by atoms with Gasteiger partial charge in [0.2, 0.25) is 0 Å². The van der Waals surface area contributed by atoms with E-state index in [1.54, 1.807) is 28.8 Å². The summed E-state index contributed by atoms with van der Waals surface area (Å²) in [6, 6.07) is 13.4. The second-order valence-electron chi connectivity index (χ2n) is 13.5. The van der Waals surface area contributed by atoms with E-state index in [2.05, 4.69) is 25.5 Å². The smallest absolute Gasteiger partial charge is 0.337 e. The van der Waals surface area contributed by atoms with Gasteiger partial charge in [-0.1, -0.05) is 52.8 Å². The van der Waals surface area contributed by atoms with Crippen molar-refractivity contribution in [3.63, 3.8) is 0 Å². The Balaban J connectivity index is 0.000000156. The van der Waals surface area contributed by atoms with Crippen molar-refractivity contribution >= 4 is 80.9 Å². The van der Waals surface area contributed by atoms with Crippen molar-refractivity contribution < 1.29 is 14.7 Å². The van der Waals surface area contributed by atoms with Gasteiger partial charge < -0.3 is 26.8 Å². The first-order chi connectivity index (χ1) is 26.3. The summed E-state index contributed by atoms with van der Waals surface area (Å²) in [7, 11) is 0. The maximum atomic E-state index is 13.2. The largest absolute Gasteiger partial charge is 0.478 e. The predicted molar refractivity (Wildman–Crippen MR) is 216 cm³/mol. The van der Waals surface area contributed by atoms with Crippen LogP contribution in [0, 0.1) is 13.8 Å². The minimum absolute atomic E-state index is 0.0394. The number of nitrogens with one attached hydrogen (secondary N) is 1.